The lowest BCUT2D eigenvalue weighted by molar-refractivity contribution is -0.118. The molecule has 2 aromatic carbocycles. The van der Waals surface area contributed by atoms with E-state index < -0.39 is 6.04 Å². The van der Waals surface area contributed by atoms with Crippen molar-refractivity contribution in [2.45, 2.75) is 19.4 Å². The van der Waals surface area contributed by atoms with Gasteiger partial charge in [0.15, 0.2) is 5.78 Å². The molecular formula is C20H21N5O3. The summed E-state index contributed by atoms with van der Waals surface area (Å²) in [4.78, 5) is 35.9. The molecule has 1 unspecified atom stereocenters. The van der Waals surface area contributed by atoms with Crippen LogP contribution in [0.5, 0.6) is 0 Å². The minimum atomic E-state index is -0.498. The van der Waals surface area contributed by atoms with Crippen molar-refractivity contribution in [3.8, 4) is 0 Å². The zero-order valence-corrected chi connectivity index (χ0v) is 15.6. The fourth-order valence-corrected chi connectivity index (χ4v) is 2.82. The minimum absolute atomic E-state index is 0.0555. The average Bonchev–Trinajstić information content (AvgIpc) is 3.16. The Morgan fingerprint density at radius 1 is 0.964 bits per heavy atom. The van der Waals surface area contributed by atoms with Gasteiger partial charge < -0.3 is 16.0 Å². The molecule has 0 aliphatic carbocycles. The Labute approximate surface area is 162 Å². The van der Waals surface area contributed by atoms with E-state index in [4.69, 9.17) is 0 Å². The number of benzene rings is 2. The van der Waals surface area contributed by atoms with Crippen LogP contribution in [0.3, 0.4) is 0 Å². The van der Waals surface area contributed by atoms with E-state index in [9.17, 15) is 14.4 Å². The van der Waals surface area contributed by atoms with E-state index in [1.54, 1.807) is 29.3 Å². The summed E-state index contributed by atoms with van der Waals surface area (Å²) in [6.07, 6.45) is 0.242. The number of Topliss-reactive ketones (excluding diaryl/α,β-unsaturated/α-hetero) is 1. The van der Waals surface area contributed by atoms with Crippen molar-refractivity contribution in [2.24, 2.45) is 5.10 Å². The maximum Gasteiger partial charge on any atom is 0.318 e. The molecule has 0 radical (unpaired) electrons. The van der Waals surface area contributed by atoms with Crippen LogP contribution < -0.4 is 21.0 Å². The van der Waals surface area contributed by atoms with Crippen molar-refractivity contribution >= 4 is 40.5 Å². The molecule has 3 N–H and O–H groups in total. The van der Waals surface area contributed by atoms with Gasteiger partial charge in [-0.25, -0.2) is 4.79 Å². The SMILES string of the molecule is CNC(=O)Nc1ccc(NC(=O)C2=NN(c3ccccc3)C(C(C)=O)C2)cc1. The monoisotopic (exact) mass is 379 g/mol. The molecule has 8 nitrogen and oxygen atoms in total. The van der Waals surface area contributed by atoms with Crippen LogP contribution in [0.4, 0.5) is 21.9 Å². The Bertz CT molecular complexity index is 909. The van der Waals surface area contributed by atoms with Crippen molar-refractivity contribution < 1.29 is 14.4 Å². The molecule has 0 aromatic heterocycles. The number of anilines is 3. The first-order valence-electron chi connectivity index (χ1n) is 8.80. The normalized spacial score (nSPS) is 15.6. The molecule has 0 bridgehead atoms. The highest BCUT2D eigenvalue weighted by atomic mass is 16.2. The molecule has 1 aliphatic rings. The van der Waals surface area contributed by atoms with Crippen molar-refractivity contribution in [1.29, 1.82) is 0 Å². The number of carbonyl (C=O) groups excluding carboxylic acids is 3. The van der Waals surface area contributed by atoms with E-state index in [-0.39, 0.29) is 29.9 Å². The number of nitrogens with zero attached hydrogens (tertiary/aromatic N) is 2. The van der Waals surface area contributed by atoms with Crippen molar-refractivity contribution in [3.05, 3.63) is 54.6 Å². The fraction of sp³-hybridized carbons (Fsp3) is 0.200. The third-order valence-electron chi connectivity index (χ3n) is 4.29. The number of carbonyl (C=O) groups is 3. The lowest BCUT2D eigenvalue weighted by Gasteiger charge is -2.20. The smallest absolute Gasteiger partial charge is 0.318 e. The maximum atomic E-state index is 12.6. The van der Waals surface area contributed by atoms with Gasteiger partial charge in [0.05, 0.1) is 5.69 Å². The second kappa shape index (κ2) is 8.34. The van der Waals surface area contributed by atoms with Gasteiger partial charge in [0.2, 0.25) is 0 Å². The van der Waals surface area contributed by atoms with Crippen LogP contribution in [-0.2, 0) is 9.59 Å². The van der Waals surface area contributed by atoms with Gasteiger partial charge in [-0.3, -0.25) is 14.6 Å². The first-order chi connectivity index (χ1) is 13.5. The molecule has 8 heteroatoms. The molecule has 0 saturated heterocycles. The topological polar surface area (TPSA) is 103 Å². The van der Waals surface area contributed by atoms with Gasteiger partial charge in [-0.05, 0) is 43.3 Å². The fourth-order valence-electron chi connectivity index (χ4n) is 2.82. The molecular weight excluding hydrogens is 358 g/mol. The first kappa shape index (κ1) is 19.1. The predicted molar refractivity (Wildman–Crippen MR) is 109 cm³/mol. The number of hydrazone groups is 1. The van der Waals surface area contributed by atoms with Gasteiger partial charge in [-0.1, -0.05) is 18.2 Å². The summed E-state index contributed by atoms with van der Waals surface area (Å²) in [5.74, 6) is -0.420. The summed E-state index contributed by atoms with van der Waals surface area (Å²) in [5.41, 5.74) is 2.21. The van der Waals surface area contributed by atoms with Gasteiger partial charge in [0.1, 0.15) is 11.8 Å². The number of urea groups is 1. The molecule has 3 rings (SSSR count). The zero-order valence-electron chi connectivity index (χ0n) is 15.6. The van der Waals surface area contributed by atoms with Crippen LogP contribution in [0.15, 0.2) is 59.7 Å². The standard InChI is InChI=1S/C20H21N5O3/c1-13(26)18-12-17(24-25(18)16-6-4-3-5-7-16)19(27)22-14-8-10-15(11-9-14)23-20(28)21-2/h3-11,18H,12H2,1-2H3,(H,22,27)(H2,21,23,28). The largest absolute Gasteiger partial charge is 0.341 e. The Balaban J connectivity index is 1.71. The number of para-hydroxylation sites is 1. The Hall–Kier alpha value is -3.68. The van der Waals surface area contributed by atoms with E-state index in [1.807, 2.05) is 30.3 Å². The van der Waals surface area contributed by atoms with Crippen LogP contribution in [-0.4, -0.2) is 36.5 Å². The van der Waals surface area contributed by atoms with E-state index in [2.05, 4.69) is 21.1 Å². The minimum Gasteiger partial charge on any atom is -0.341 e. The molecule has 144 valence electrons. The van der Waals surface area contributed by atoms with E-state index in [0.717, 1.165) is 5.69 Å². The van der Waals surface area contributed by atoms with Crippen molar-refractivity contribution in [2.75, 3.05) is 22.7 Å². The van der Waals surface area contributed by atoms with E-state index in [0.29, 0.717) is 11.4 Å². The van der Waals surface area contributed by atoms with Crippen LogP contribution in [0.2, 0.25) is 0 Å². The van der Waals surface area contributed by atoms with Crippen molar-refractivity contribution in [3.63, 3.8) is 0 Å². The summed E-state index contributed by atoms with van der Waals surface area (Å²) in [7, 11) is 1.53. The second-order valence-electron chi connectivity index (χ2n) is 6.29. The summed E-state index contributed by atoms with van der Waals surface area (Å²) in [6, 6.07) is 15.2. The summed E-state index contributed by atoms with van der Waals surface area (Å²) >= 11 is 0. The van der Waals surface area contributed by atoms with Crippen LogP contribution in [0, 0.1) is 0 Å². The number of amides is 3. The molecule has 0 saturated carbocycles. The van der Waals surface area contributed by atoms with Gasteiger partial charge in [0, 0.05) is 24.8 Å². The first-order valence-corrected chi connectivity index (χ1v) is 8.80. The van der Waals surface area contributed by atoms with E-state index >= 15 is 0 Å². The molecule has 28 heavy (non-hydrogen) atoms. The van der Waals surface area contributed by atoms with Gasteiger partial charge >= 0.3 is 6.03 Å². The number of ketones is 1. The van der Waals surface area contributed by atoms with Crippen LogP contribution >= 0.6 is 0 Å². The van der Waals surface area contributed by atoms with Gasteiger partial charge in [-0.2, -0.15) is 5.10 Å². The summed E-state index contributed by atoms with van der Waals surface area (Å²) < 4.78 is 0. The molecule has 1 heterocycles. The molecule has 3 amide bonds. The lowest BCUT2D eigenvalue weighted by Crippen LogP contribution is -2.33. The second-order valence-corrected chi connectivity index (χ2v) is 6.29. The van der Waals surface area contributed by atoms with Crippen LogP contribution in [0.25, 0.3) is 0 Å². The zero-order chi connectivity index (χ0) is 20.1. The highest BCUT2D eigenvalue weighted by Gasteiger charge is 2.34. The molecule has 0 fully saturated rings. The van der Waals surface area contributed by atoms with Gasteiger partial charge in [-0.15, -0.1) is 0 Å². The quantitative estimate of drug-likeness (QED) is 0.743. The summed E-state index contributed by atoms with van der Waals surface area (Å²) in [6.45, 7) is 1.50. The Morgan fingerprint density at radius 2 is 1.57 bits per heavy atom. The Morgan fingerprint density at radius 3 is 2.14 bits per heavy atom. The van der Waals surface area contributed by atoms with E-state index in [1.165, 1.54) is 14.0 Å². The van der Waals surface area contributed by atoms with Crippen molar-refractivity contribution in [1.82, 2.24) is 5.32 Å². The highest BCUT2D eigenvalue weighted by Crippen LogP contribution is 2.25. The average molecular weight is 379 g/mol. The molecule has 1 atom stereocenters. The third kappa shape index (κ3) is 4.35. The molecule has 2 aromatic rings. The predicted octanol–water partition coefficient (Wildman–Crippen LogP) is 2.60. The molecule has 0 spiro atoms. The number of hydrogen-bond acceptors (Lipinski definition) is 5. The highest BCUT2D eigenvalue weighted by molar-refractivity contribution is 6.44. The van der Waals surface area contributed by atoms with Crippen LogP contribution in [0.1, 0.15) is 13.3 Å². The number of nitrogens with one attached hydrogen (secondary N) is 3. The summed E-state index contributed by atoms with van der Waals surface area (Å²) in [5, 5.41) is 13.8. The number of hydrogen-bond donors (Lipinski definition) is 3. The molecule has 1 aliphatic heterocycles. The lowest BCUT2D eigenvalue weighted by atomic mass is 10.1. The number of rotatable bonds is 5. The maximum absolute atomic E-state index is 12.6. The third-order valence-corrected chi connectivity index (χ3v) is 4.29. The van der Waals surface area contributed by atoms with Gasteiger partial charge in [0.25, 0.3) is 5.91 Å². The Kier molecular flexibility index (Phi) is 5.69.